The molecule has 0 aliphatic heterocycles. The van der Waals surface area contributed by atoms with Gasteiger partial charge in [-0.25, -0.2) is 0 Å². The van der Waals surface area contributed by atoms with E-state index in [-0.39, 0.29) is 5.34 Å². The van der Waals surface area contributed by atoms with Crippen molar-refractivity contribution in [2.24, 2.45) is 0 Å². The van der Waals surface area contributed by atoms with E-state index in [0.29, 0.717) is 0 Å². The minimum Gasteiger partial charge on any atom is -0.371 e. The third-order valence-corrected chi connectivity index (χ3v) is 4.54. The standard InChI is InChI=1S/C17H37OP/c1-4-7-10-11-12-13-16-18-17(19,14-8-5-2)15-9-6-3/h4-16,19H2,1-3H3. The Balaban J connectivity index is 3.72. The highest BCUT2D eigenvalue weighted by Gasteiger charge is 2.23. The summed E-state index contributed by atoms with van der Waals surface area (Å²) in [7, 11) is 3.01. The van der Waals surface area contributed by atoms with Crippen LogP contribution in [0.4, 0.5) is 0 Å². The van der Waals surface area contributed by atoms with Crippen molar-refractivity contribution in [2.75, 3.05) is 6.61 Å². The van der Waals surface area contributed by atoms with E-state index in [0.717, 1.165) is 6.61 Å². The zero-order valence-electron chi connectivity index (χ0n) is 13.7. The van der Waals surface area contributed by atoms with Gasteiger partial charge in [0.2, 0.25) is 0 Å². The number of unbranched alkanes of at least 4 members (excludes halogenated alkanes) is 7. The summed E-state index contributed by atoms with van der Waals surface area (Å²) in [6.45, 7) is 7.74. The lowest BCUT2D eigenvalue weighted by Gasteiger charge is -2.30. The highest BCUT2D eigenvalue weighted by atomic mass is 31.0. The van der Waals surface area contributed by atoms with E-state index in [2.05, 4.69) is 30.0 Å². The fraction of sp³-hybridized carbons (Fsp3) is 1.00. The molecule has 0 aromatic rings. The molecule has 1 nitrogen and oxygen atoms in total. The van der Waals surface area contributed by atoms with Crippen LogP contribution < -0.4 is 0 Å². The second-order valence-electron chi connectivity index (χ2n) is 5.89. The number of ether oxygens (including phenoxy) is 1. The molecule has 19 heavy (non-hydrogen) atoms. The van der Waals surface area contributed by atoms with E-state index in [4.69, 9.17) is 4.74 Å². The van der Waals surface area contributed by atoms with Crippen LogP contribution in [-0.4, -0.2) is 11.9 Å². The van der Waals surface area contributed by atoms with Crippen molar-refractivity contribution in [2.45, 2.75) is 103 Å². The molecular formula is C17H37OP. The molecule has 0 bridgehead atoms. The van der Waals surface area contributed by atoms with E-state index in [1.54, 1.807) is 0 Å². The molecule has 0 rings (SSSR count). The minimum absolute atomic E-state index is 0.0649. The lowest BCUT2D eigenvalue weighted by molar-refractivity contribution is 0.00774. The second-order valence-corrected chi connectivity index (χ2v) is 6.94. The van der Waals surface area contributed by atoms with Gasteiger partial charge in [-0.05, 0) is 19.3 Å². The van der Waals surface area contributed by atoms with E-state index >= 15 is 0 Å². The summed E-state index contributed by atoms with van der Waals surface area (Å²) in [6, 6.07) is 0. The van der Waals surface area contributed by atoms with Crippen LogP contribution in [0.5, 0.6) is 0 Å². The van der Waals surface area contributed by atoms with Crippen molar-refractivity contribution in [3.8, 4) is 0 Å². The Kier molecular flexibility index (Phi) is 13.7. The molecule has 0 aromatic heterocycles. The van der Waals surface area contributed by atoms with E-state index in [1.165, 1.54) is 77.0 Å². The molecule has 0 saturated heterocycles. The Hall–Kier alpha value is 0.390. The number of rotatable bonds is 14. The molecule has 116 valence electrons. The van der Waals surface area contributed by atoms with Crippen LogP contribution in [0.3, 0.4) is 0 Å². The molecule has 0 saturated carbocycles. The van der Waals surface area contributed by atoms with Gasteiger partial charge in [0, 0.05) is 6.61 Å². The molecule has 0 fully saturated rings. The molecule has 0 N–H and O–H groups in total. The van der Waals surface area contributed by atoms with Gasteiger partial charge in [0.1, 0.15) is 0 Å². The molecule has 2 heteroatoms. The van der Waals surface area contributed by atoms with Crippen LogP contribution in [-0.2, 0) is 4.74 Å². The highest BCUT2D eigenvalue weighted by Crippen LogP contribution is 2.33. The number of hydrogen-bond donors (Lipinski definition) is 0. The van der Waals surface area contributed by atoms with Crippen LogP contribution in [0.15, 0.2) is 0 Å². The van der Waals surface area contributed by atoms with Crippen LogP contribution in [0, 0.1) is 0 Å². The predicted molar refractivity (Wildman–Crippen MR) is 90.8 cm³/mol. The van der Waals surface area contributed by atoms with Crippen molar-refractivity contribution in [1.29, 1.82) is 0 Å². The Bertz CT molecular complexity index is 174. The zero-order chi connectivity index (χ0) is 14.4. The monoisotopic (exact) mass is 288 g/mol. The van der Waals surface area contributed by atoms with E-state index in [9.17, 15) is 0 Å². The average molecular weight is 288 g/mol. The van der Waals surface area contributed by atoms with Gasteiger partial charge in [-0.3, -0.25) is 0 Å². The number of hydrogen-bond acceptors (Lipinski definition) is 1. The lowest BCUT2D eigenvalue weighted by atomic mass is 10.1. The van der Waals surface area contributed by atoms with Crippen molar-refractivity contribution in [3.63, 3.8) is 0 Å². The second kappa shape index (κ2) is 13.4. The first-order valence-electron chi connectivity index (χ1n) is 8.61. The van der Waals surface area contributed by atoms with Crippen LogP contribution in [0.25, 0.3) is 0 Å². The van der Waals surface area contributed by atoms with Crippen molar-refractivity contribution >= 4 is 9.24 Å². The lowest BCUT2D eigenvalue weighted by Crippen LogP contribution is -2.25. The third-order valence-electron chi connectivity index (χ3n) is 3.79. The highest BCUT2D eigenvalue weighted by molar-refractivity contribution is 7.18. The van der Waals surface area contributed by atoms with Crippen LogP contribution in [0.1, 0.15) is 97.8 Å². The Morgan fingerprint density at radius 1 is 0.684 bits per heavy atom. The summed E-state index contributed by atoms with van der Waals surface area (Å²) in [4.78, 5) is 0. The summed E-state index contributed by atoms with van der Waals surface area (Å²) < 4.78 is 6.20. The molecule has 1 unspecified atom stereocenters. The summed E-state index contributed by atoms with van der Waals surface area (Å²) in [5.41, 5.74) is 0. The molecule has 1 atom stereocenters. The molecule has 0 radical (unpaired) electrons. The van der Waals surface area contributed by atoms with Crippen molar-refractivity contribution in [1.82, 2.24) is 0 Å². The fourth-order valence-corrected chi connectivity index (χ4v) is 2.91. The summed E-state index contributed by atoms with van der Waals surface area (Å²) in [5.74, 6) is 0. The van der Waals surface area contributed by atoms with E-state index < -0.39 is 0 Å². The first-order valence-corrected chi connectivity index (χ1v) is 9.19. The molecule has 0 aromatic carbocycles. The fourth-order valence-electron chi connectivity index (χ4n) is 2.38. The van der Waals surface area contributed by atoms with Crippen LogP contribution >= 0.6 is 9.24 Å². The van der Waals surface area contributed by atoms with Crippen molar-refractivity contribution in [3.05, 3.63) is 0 Å². The molecule has 0 spiro atoms. The van der Waals surface area contributed by atoms with Crippen molar-refractivity contribution < 1.29 is 4.74 Å². The Morgan fingerprint density at radius 2 is 1.16 bits per heavy atom. The first-order chi connectivity index (χ1) is 9.18. The first kappa shape index (κ1) is 19.4. The van der Waals surface area contributed by atoms with Crippen LogP contribution in [0.2, 0.25) is 0 Å². The maximum Gasteiger partial charge on any atom is 0.0813 e. The molecule has 0 aliphatic carbocycles. The SMILES string of the molecule is CCCCCCCCOC(P)(CCCC)CCCC. The van der Waals surface area contributed by atoms with Gasteiger partial charge < -0.3 is 4.74 Å². The zero-order valence-corrected chi connectivity index (χ0v) is 14.8. The maximum atomic E-state index is 6.20. The third kappa shape index (κ3) is 11.9. The van der Waals surface area contributed by atoms with Gasteiger partial charge >= 0.3 is 0 Å². The van der Waals surface area contributed by atoms with Gasteiger partial charge in [0.05, 0.1) is 5.34 Å². The summed E-state index contributed by atoms with van der Waals surface area (Å²) in [5, 5.41) is 0.0649. The van der Waals surface area contributed by atoms with E-state index in [1.807, 2.05) is 0 Å². The quantitative estimate of drug-likeness (QED) is 0.268. The maximum absolute atomic E-state index is 6.20. The van der Waals surface area contributed by atoms with Gasteiger partial charge in [-0.1, -0.05) is 78.6 Å². The van der Waals surface area contributed by atoms with Gasteiger partial charge in [0.15, 0.2) is 0 Å². The Morgan fingerprint density at radius 3 is 1.68 bits per heavy atom. The molecule has 0 heterocycles. The van der Waals surface area contributed by atoms with Gasteiger partial charge in [0.25, 0.3) is 0 Å². The molecule has 0 amide bonds. The topological polar surface area (TPSA) is 9.23 Å². The summed E-state index contributed by atoms with van der Waals surface area (Å²) >= 11 is 0. The minimum atomic E-state index is 0.0649. The average Bonchev–Trinajstić information content (AvgIpc) is 2.42. The normalized spacial score (nSPS) is 12.0. The largest absolute Gasteiger partial charge is 0.371 e. The predicted octanol–water partition coefficient (Wildman–Crippen LogP) is 6.32. The van der Waals surface area contributed by atoms with Gasteiger partial charge in [-0.15, -0.1) is 9.24 Å². The Labute approximate surface area is 124 Å². The summed E-state index contributed by atoms with van der Waals surface area (Å²) in [6.07, 6.45) is 15.6. The smallest absolute Gasteiger partial charge is 0.0813 e. The molecular weight excluding hydrogens is 251 g/mol. The molecule has 0 aliphatic rings. The van der Waals surface area contributed by atoms with Gasteiger partial charge in [-0.2, -0.15) is 0 Å².